The van der Waals surface area contributed by atoms with Gasteiger partial charge in [-0.1, -0.05) is 6.42 Å². The van der Waals surface area contributed by atoms with E-state index in [1.165, 1.54) is 25.7 Å². The van der Waals surface area contributed by atoms with Gasteiger partial charge in [-0.25, -0.2) is 0 Å². The summed E-state index contributed by atoms with van der Waals surface area (Å²) in [5, 5.41) is 3.31. The molecule has 1 aliphatic heterocycles. The molecule has 0 aromatic carbocycles. The number of ether oxygens (including phenoxy) is 1. The van der Waals surface area contributed by atoms with Crippen LogP contribution < -0.4 is 5.32 Å². The molecule has 0 amide bonds. The minimum absolute atomic E-state index is 0. The lowest BCUT2D eigenvalue weighted by Gasteiger charge is -2.26. The van der Waals surface area contributed by atoms with E-state index in [-0.39, 0.29) is 12.4 Å². The lowest BCUT2D eigenvalue weighted by molar-refractivity contribution is 0.0212. The summed E-state index contributed by atoms with van der Waals surface area (Å²) in [6.45, 7) is 3.24. The van der Waals surface area contributed by atoms with Crippen molar-refractivity contribution in [3.8, 4) is 0 Å². The van der Waals surface area contributed by atoms with Crippen molar-refractivity contribution in [2.45, 2.75) is 31.8 Å². The van der Waals surface area contributed by atoms with Crippen LogP contribution in [0.1, 0.15) is 25.7 Å². The molecule has 2 rings (SSSR count). The highest BCUT2D eigenvalue weighted by molar-refractivity contribution is 5.85. The van der Waals surface area contributed by atoms with Gasteiger partial charge in [0.05, 0.1) is 6.10 Å². The van der Waals surface area contributed by atoms with Crippen molar-refractivity contribution >= 4 is 12.4 Å². The molecule has 0 spiro atoms. The van der Waals surface area contributed by atoms with E-state index in [1.807, 2.05) is 0 Å². The molecule has 1 N–H and O–H groups in total. The summed E-state index contributed by atoms with van der Waals surface area (Å²) in [6.07, 6.45) is 5.97. The van der Waals surface area contributed by atoms with E-state index in [0.717, 1.165) is 25.6 Å². The smallest absolute Gasteiger partial charge is 0.0711 e. The minimum Gasteiger partial charge on any atom is -0.377 e. The fraction of sp³-hybridized carbons (Fsp3) is 1.00. The van der Waals surface area contributed by atoms with E-state index in [9.17, 15) is 0 Å². The van der Waals surface area contributed by atoms with E-state index in [2.05, 4.69) is 5.32 Å². The van der Waals surface area contributed by atoms with Gasteiger partial charge >= 0.3 is 0 Å². The number of halogens is 1. The topological polar surface area (TPSA) is 21.3 Å². The maximum Gasteiger partial charge on any atom is 0.0711 e. The molecule has 0 aromatic heterocycles. The predicted octanol–water partition coefficient (Wildman–Crippen LogP) is 1.59. The van der Waals surface area contributed by atoms with Gasteiger partial charge < -0.3 is 10.1 Å². The van der Waals surface area contributed by atoms with Gasteiger partial charge in [0, 0.05) is 13.2 Å². The standard InChI is InChI=1S/C9H17NO.ClH/c1-2-8(3-1)7-11-9-4-5-10-6-9;/h8-10H,1-7H2;1H. The minimum atomic E-state index is 0. The summed E-state index contributed by atoms with van der Waals surface area (Å²) >= 11 is 0. The van der Waals surface area contributed by atoms with Gasteiger partial charge in [0.1, 0.15) is 0 Å². The summed E-state index contributed by atoms with van der Waals surface area (Å²) in [7, 11) is 0. The van der Waals surface area contributed by atoms with Crippen molar-refractivity contribution < 1.29 is 4.74 Å². The molecule has 0 radical (unpaired) electrons. The van der Waals surface area contributed by atoms with E-state index in [0.29, 0.717) is 6.10 Å². The van der Waals surface area contributed by atoms with Crippen LogP contribution in [0.5, 0.6) is 0 Å². The number of hydrogen-bond acceptors (Lipinski definition) is 2. The Morgan fingerprint density at radius 2 is 2.08 bits per heavy atom. The van der Waals surface area contributed by atoms with Crippen LogP contribution in [-0.2, 0) is 4.74 Å². The molecular formula is C9H18ClNO. The molecule has 1 saturated carbocycles. The largest absolute Gasteiger partial charge is 0.377 e. The molecule has 2 nitrogen and oxygen atoms in total. The van der Waals surface area contributed by atoms with Gasteiger partial charge in [0.25, 0.3) is 0 Å². The maximum absolute atomic E-state index is 5.74. The average Bonchev–Trinajstić information content (AvgIpc) is 2.36. The Labute approximate surface area is 80.5 Å². The molecule has 1 heterocycles. The van der Waals surface area contributed by atoms with Crippen molar-refractivity contribution in [1.29, 1.82) is 0 Å². The molecule has 2 fully saturated rings. The predicted molar refractivity (Wildman–Crippen MR) is 51.8 cm³/mol. The van der Waals surface area contributed by atoms with E-state index in [4.69, 9.17) is 4.74 Å². The summed E-state index contributed by atoms with van der Waals surface area (Å²) in [5.41, 5.74) is 0. The molecule has 72 valence electrons. The van der Waals surface area contributed by atoms with Crippen LogP contribution >= 0.6 is 12.4 Å². The third kappa shape index (κ3) is 2.61. The maximum atomic E-state index is 5.74. The second kappa shape index (κ2) is 5.05. The van der Waals surface area contributed by atoms with Gasteiger partial charge in [-0.2, -0.15) is 0 Å². The third-order valence-corrected chi connectivity index (χ3v) is 2.81. The van der Waals surface area contributed by atoms with Crippen LogP contribution in [0.3, 0.4) is 0 Å². The zero-order valence-corrected chi connectivity index (χ0v) is 8.24. The van der Waals surface area contributed by atoms with Crippen LogP contribution in [0.2, 0.25) is 0 Å². The quantitative estimate of drug-likeness (QED) is 0.732. The molecule has 12 heavy (non-hydrogen) atoms. The number of rotatable bonds is 3. The van der Waals surface area contributed by atoms with Gasteiger partial charge in [-0.05, 0) is 31.7 Å². The molecule has 0 bridgehead atoms. The van der Waals surface area contributed by atoms with Crippen molar-refractivity contribution in [1.82, 2.24) is 5.32 Å². The third-order valence-electron chi connectivity index (χ3n) is 2.81. The fourth-order valence-electron chi connectivity index (χ4n) is 1.70. The molecular weight excluding hydrogens is 174 g/mol. The fourth-order valence-corrected chi connectivity index (χ4v) is 1.70. The lowest BCUT2D eigenvalue weighted by atomic mass is 9.86. The van der Waals surface area contributed by atoms with Crippen LogP contribution in [0.25, 0.3) is 0 Å². The van der Waals surface area contributed by atoms with Crippen molar-refractivity contribution in [3.05, 3.63) is 0 Å². The summed E-state index contributed by atoms with van der Waals surface area (Å²) in [4.78, 5) is 0. The average molecular weight is 192 g/mol. The van der Waals surface area contributed by atoms with Crippen LogP contribution in [0.15, 0.2) is 0 Å². The molecule has 3 heteroatoms. The van der Waals surface area contributed by atoms with Gasteiger partial charge in [-0.15, -0.1) is 12.4 Å². The number of nitrogens with one attached hydrogen (secondary N) is 1. The zero-order valence-electron chi connectivity index (χ0n) is 7.42. The Bertz CT molecular complexity index is 122. The second-order valence-corrected chi connectivity index (χ2v) is 3.75. The highest BCUT2D eigenvalue weighted by Crippen LogP contribution is 2.26. The van der Waals surface area contributed by atoms with E-state index in [1.54, 1.807) is 0 Å². The first-order valence-corrected chi connectivity index (χ1v) is 4.77. The normalized spacial score (nSPS) is 29.5. The first kappa shape index (κ1) is 10.3. The monoisotopic (exact) mass is 191 g/mol. The van der Waals surface area contributed by atoms with Crippen molar-refractivity contribution in [2.75, 3.05) is 19.7 Å². The summed E-state index contributed by atoms with van der Waals surface area (Å²) in [6, 6.07) is 0. The zero-order chi connectivity index (χ0) is 7.52. The van der Waals surface area contributed by atoms with Crippen molar-refractivity contribution in [2.24, 2.45) is 5.92 Å². The highest BCUT2D eigenvalue weighted by Gasteiger charge is 2.21. The number of hydrogen-bond donors (Lipinski definition) is 1. The molecule has 1 saturated heterocycles. The van der Waals surface area contributed by atoms with Crippen LogP contribution in [0, 0.1) is 5.92 Å². The van der Waals surface area contributed by atoms with Crippen molar-refractivity contribution in [3.63, 3.8) is 0 Å². The summed E-state index contributed by atoms with van der Waals surface area (Å²) in [5.74, 6) is 0.899. The first-order chi connectivity index (χ1) is 5.45. The Balaban J connectivity index is 0.000000720. The van der Waals surface area contributed by atoms with Gasteiger partial charge in [-0.3, -0.25) is 0 Å². The van der Waals surface area contributed by atoms with E-state index >= 15 is 0 Å². The molecule has 1 atom stereocenters. The Hall–Kier alpha value is 0.210. The summed E-state index contributed by atoms with van der Waals surface area (Å²) < 4.78 is 5.74. The van der Waals surface area contributed by atoms with E-state index < -0.39 is 0 Å². The van der Waals surface area contributed by atoms with Crippen LogP contribution in [-0.4, -0.2) is 25.8 Å². The molecule has 2 aliphatic rings. The highest BCUT2D eigenvalue weighted by atomic mass is 35.5. The SMILES string of the molecule is C1CC(COC2CCNC2)C1.Cl. The first-order valence-electron chi connectivity index (χ1n) is 4.77. The molecule has 1 unspecified atom stereocenters. The molecule has 1 aliphatic carbocycles. The lowest BCUT2D eigenvalue weighted by Crippen LogP contribution is -2.24. The van der Waals surface area contributed by atoms with Gasteiger partial charge in [0.2, 0.25) is 0 Å². The second-order valence-electron chi connectivity index (χ2n) is 3.75. The Morgan fingerprint density at radius 1 is 1.25 bits per heavy atom. The Kier molecular flexibility index (Phi) is 4.33. The van der Waals surface area contributed by atoms with Gasteiger partial charge in [0.15, 0.2) is 0 Å². The van der Waals surface area contributed by atoms with Crippen LogP contribution in [0.4, 0.5) is 0 Å². The Morgan fingerprint density at radius 3 is 2.58 bits per heavy atom. The molecule has 0 aromatic rings.